The summed E-state index contributed by atoms with van der Waals surface area (Å²) in [6.45, 7) is 2.59. The van der Waals surface area contributed by atoms with E-state index in [-0.39, 0.29) is 17.4 Å². The zero-order valence-corrected chi connectivity index (χ0v) is 9.34. The summed E-state index contributed by atoms with van der Waals surface area (Å²) < 4.78 is 38.9. The van der Waals surface area contributed by atoms with Crippen LogP contribution in [0.5, 0.6) is 0 Å². The third-order valence-corrected chi connectivity index (χ3v) is 3.01. The van der Waals surface area contributed by atoms with Gasteiger partial charge >= 0.3 is 0 Å². The number of ketones is 1. The molecule has 0 bridgehead atoms. The lowest BCUT2D eigenvalue weighted by Crippen LogP contribution is -2.39. The molecule has 1 aromatic rings. The average Bonchev–Trinajstić information content (AvgIpc) is 2.29. The highest BCUT2D eigenvalue weighted by Crippen LogP contribution is 2.24. The monoisotopic (exact) mass is 243 g/mol. The number of rotatable bonds is 1. The molecule has 1 fully saturated rings. The standard InChI is InChI=1S/C12H12F3NO/c1-7-6-16(3-2-11(7)17)8-4-9(13)12(15)10(14)5-8/h4-5,7H,2-3,6H2,1H3. The van der Waals surface area contributed by atoms with Crippen molar-refractivity contribution in [3.05, 3.63) is 29.6 Å². The van der Waals surface area contributed by atoms with Crippen molar-refractivity contribution in [1.82, 2.24) is 0 Å². The van der Waals surface area contributed by atoms with Gasteiger partial charge in [0, 0.05) is 43.2 Å². The average molecular weight is 243 g/mol. The fraction of sp³-hybridized carbons (Fsp3) is 0.417. The second-order valence-corrected chi connectivity index (χ2v) is 4.29. The predicted octanol–water partition coefficient (Wildman–Crippen LogP) is 2.52. The number of benzene rings is 1. The van der Waals surface area contributed by atoms with Crippen molar-refractivity contribution in [2.75, 3.05) is 18.0 Å². The van der Waals surface area contributed by atoms with E-state index in [0.717, 1.165) is 12.1 Å². The van der Waals surface area contributed by atoms with Crippen molar-refractivity contribution >= 4 is 11.5 Å². The lowest BCUT2D eigenvalue weighted by molar-refractivity contribution is -0.122. The quantitative estimate of drug-likeness (QED) is 0.706. The minimum Gasteiger partial charge on any atom is -0.370 e. The van der Waals surface area contributed by atoms with E-state index >= 15 is 0 Å². The lowest BCUT2D eigenvalue weighted by atomic mass is 9.98. The molecule has 1 saturated heterocycles. The van der Waals surface area contributed by atoms with Crippen LogP contribution >= 0.6 is 0 Å². The van der Waals surface area contributed by atoms with E-state index in [0.29, 0.717) is 19.5 Å². The molecule has 2 rings (SSSR count). The minimum absolute atomic E-state index is 0.143. The van der Waals surface area contributed by atoms with Gasteiger partial charge in [0.05, 0.1) is 0 Å². The molecule has 5 heteroatoms. The first kappa shape index (κ1) is 12.0. The van der Waals surface area contributed by atoms with E-state index in [1.165, 1.54) is 0 Å². The zero-order chi connectivity index (χ0) is 12.6. The van der Waals surface area contributed by atoms with Crippen LogP contribution in [0.15, 0.2) is 12.1 Å². The molecular formula is C12H12F3NO. The molecule has 0 N–H and O–H groups in total. The Morgan fingerprint density at radius 1 is 1.24 bits per heavy atom. The summed E-state index contributed by atoms with van der Waals surface area (Å²) in [4.78, 5) is 13.0. The van der Waals surface area contributed by atoms with E-state index in [1.807, 2.05) is 0 Å². The van der Waals surface area contributed by atoms with Gasteiger partial charge in [-0.05, 0) is 0 Å². The van der Waals surface area contributed by atoms with E-state index in [9.17, 15) is 18.0 Å². The minimum atomic E-state index is -1.46. The maximum absolute atomic E-state index is 13.1. The summed E-state index contributed by atoms with van der Waals surface area (Å²) in [6, 6.07) is 1.92. The molecule has 0 amide bonds. The van der Waals surface area contributed by atoms with Gasteiger partial charge < -0.3 is 4.90 Å². The summed E-state index contributed by atoms with van der Waals surface area (Å²) in [5.74, 6) is -3.90. The predicted molar refractivity (Wildman–Crippen MR) is 57.3 cm³/mol. The van der Waals surface area contributed by atoms with Crippen LogP contribution in [0.1, 0.15) is 13.3 Å². The van der Waals surface area contributed by atoms with Crippen molar-refractivity contribution in [1.29, 1.82) is 0 Å². The van der Waals surface area contributed by atoms with Crippen LogP contribution in [0.25, 0.3) is 0 Å². The first-order valence-corrected chi connectivity index (χ1v) is 5.41. The Bertz CT molecular complexity index is 438. The third kappa shape index (κ3) is 2.28. The summed E-state index contributed by atoms with van der Waals surface area (Å²) in [5.41, 5.74) is 0.278. The van der Waals surface area contributed by atoms with Crippen LogP contribution in [-0.2, 0) is 4.79 Å². The zero-order valence-electron chi connectivity index (χ0n) is 9.34. The van der Waals surface area contributed by atoms with Crippen molar-refractivity contribution in [3.63, 3.8) is 0 Å². The van der Waals surface area contributed by atoms with Gasteiger partial charge in [-0.1, -0.05) is 6.92 Å². The molecule has 0 radical (unpaired) electrons. The van der Waals surface area contributed by atoms with Gasteiger partial charge in [0.25, 0.3) is 0 Å². The maximum atomic E-state index is 13.1. The van der Waals surface area contributed by atoms with Gasteiger partial charge in [-0.25, -0.2) is 13.2 Å². The normalized spacial score (nSPS) is 20.8. The Morgan fingerprint density at radius 2 is 1.82 bits per heavy atom. The van der Waals surface area contributed by atoms with Gasteiger partial charge in [-0.15, -0.1) is 0 Å². The third-order valence-electron chi connectivity index (χ3n) is 3.01. The van der Waals surface area contributed by atoms with E-state index in [1.54, 1.807) is 11.8 Å². The topological polar surface area (TPSA) is 20.3 Å². The highest BCUT2D eigenvalue weighted by molar-refractivity contribution is 5.83. The van der Waals surface area contributed by atoms with E-state index in [2.05, 4.69) is 0 Å². The number of hydrogen-bond donors (Lipinski definition) is 0. The molecule has 17 heavy (non-hydrogen) atoms. The maximum Gasteiger partial charge on any atom is 0.194 e. The number of Topliss-reactive ketones (excluding diaryl/α,β-unsaturated/α-hetero) is 1. The smallest absolute Gasteiger partial charge is 0.194 e. The van der Waals surface area contributed by atoms with Crippen LogP contribution in [0.2, 0.25) is 0 Å². The van der Waals surface area contributed by atoms with Crippen molar-refractivity contribution in [3.8, 4) is 0 Å². The summed E-state index contributed by atoms with van der Waals surface area (Å²) in [6.07, 6.45) is 0.349. The highest BCUT2D eigenvalue weighted by Gasteiger charge is 2.24. The SMILES string of the molecule is CC1CN(c2cc(F)c(F)c(F)c2)CCC1=O. The molecule has 0 aliphatic carbocycles. The largest absolute Gasteiger partial charge is 0.370 e. The van der Waals surface area contributed by atoms with Crippen LogP contribution in [-0.4, -0.2) is 18.9 Å². The summed E-state index contributed by atoms with van der Waals surface area (Å²) >= 11 is 0. The van der Waals surface area contributed by atoms with Gasteiger partial charge in [-0.3, -0.25) is 4.79 Å². The number of carbonyl (C=O) groups is 1. The first-order chi connectivity index (χ1) is 7.99. The second-order valence-electron chi connectivity index (χ2n) is 4.29. The van der Waals surface area contributed by atoms with Crippen molar-refractivity contribution in [2.45, 2.75) is 13.3 Å². The molecule has 1 heterocycles. The number of piperidine rings is 1. The molecule has 1 unspecified atom stereocenters. The van der Waals surface area contributed by atoms with Gasteiger partial charge in [0.1, 0.15) is 5.78 Å². The molecule has 0 saturated carbocycles. The Balaban J connectivity index is 2.26. The van der Waals surface area contributed by atoms with E-state index in [4.69, 9.17) is 0 Å². The Hall–Kier alpha value is -1.52. The summed E-state index contributed by atoms with van der Waals surface area (Å²) in [7, 11) is 0. The van der Waals surface area contributed by atoms with Gasteiger partial charge in [0.15, 0.2) is 17.5 Å². The Morgan fingerprint density at radius 3 is 2.35 bits per heavy atom. The van der Waals surface area contributed by atoms with Crippen molar-refractivity contribution in [2.24, 2.45) is 5.92 Å². The first-order valence-electron chi connectivity index (χ1n) is 5.41. The summed E-state index contributed by atoms with van der Waals surface area (Å²) in [5, 5.41) is 0. The van der Waals surface area contributed by atoms with E-state index < -0.39 is 17.5 Å². The molecule has 92 valence electrons. The van der Waals surface area contributed by atoms with Gasteiger partial charge in [0.2, 0.25) is 0 Å². The number of anilines is 1. The lowest BCUT2D eigenvalue weighted by Gasteiger charge is -2.31. The number of nitrogens with zero attached hydrogens (tertiary/aromatic N) is 1. The Labute approximate surface area is 97.0 Å². The molecule has 1 aliphatic rings. The second kappa shape index (κ2) is 4.39. The molecular weight excluding hydrogens is 231 g/mol. The molecule has 1 atom stereocenters. The van der Waals surface area contributed by atoms with Crippen LogP contribution in [0, 0.1) is 23.4 Å². The highest BCUT2D eigenvalue weighted by atomic mass is 19.2. The van der Waals surface area contributed by atoms with Gasteiger partial charge in [-0.2, -0.15) is 0 Å². The van der Waals surface area contributed by atoms with Crippen LogP contribution in [0.3, 0.4) is 0 Å². The molecule has 1 aromatic carbocycles. The number of hydrogen-bond acceptors (Lipinski definition) is 2. The fourth-order valence-corrected chi connectivity index (χ4v) is 1.97. The van der Waals surface area contributed by atoms with Crippen molar-refractivity contribution < 1.29 is 18.0 Å². The molecule has 0 aromatic heterocycles. The Kier molecular flexibility index (Phi) is 3.09. The molecule has 2 nitrogen and oxygen atoms in total. The van der Waals surface area contributed by atoms with Crippen LogP contribution in [0.4, 0.5) is 18.9 Å². The molecule has 1 aliphatic heterocycles. The fourth-order valence-electron chi connectivity index (χ4n) is 1.97. The molecule has 0 spiro atoms. The van der Waals surface area contributed by atoms with Crippen LogP contribution < -0.4 is 4.90 Å². The number of halogens is 3. The number of carbonyl (C=O) groups excluding carboxylic acids is 1.